The van der Waals surface area contributed by atoms with Crippen LogP contribution in [0, 0.1) is 0 Å². The molecule has 0 unspecified atom stereocenters. The SMILES string of the molecule is COc1ccc2c(=O)n(-c3ccccc3Cl)c(=O)[nH]c2c1. The number of fused-ring (bicyclic) bond motifs is 1. The van der Waals surface area contributed by atoms with Crippen molar-refractivity contribution in [2.45, 2.75) is 0 Å². The first-order valence-corrected chi connectivity index (χ1v) is 6.57. The number of nitrogens with zero attached hydrogens (tertiary/aromatic N) is 1. The van der Waals surface area contributed by atoms with Gasteiger partial charge in [-0.2, -0.15) is 0 Å². The summed E-state index contributed by atoms with van der Waals surface area (Å²) >= 11 is 6.07. The molecule has 0 amide bonds. The summed E-state index contributed by atoms with van der Waals surface area (Å²) in [5, 5.41) is 0.716. The molecule has 1 heterocycles. The minimum atomic E-state index is -0.547. The molecule has 2 aromatic carbocycles. The van der Waals surface area contributed by atoms with Gasteiger partial charge < -0.3 is 9.72 Å². The van der Waals surface area contributed by atoms with Crippen molar-refractivity contribution in [2.75, 3.05) is 7.11 Å². The molecule has 3 aromatic rings. The van der Waals surface area contributed by atoms with Crippen LogP contribution >= 0.6 is 11.6 Å². The van der Waals surface area contributed by atoms with Gasteiger partial charge in [-0.05, 0) is 24.3 Å². The molecule has 1 N–H and O–H groups in total. The zero-order valence-electron chi connectivity index (χ0n) is 11.1. The molecule has 0 saturated carbocycles. The highest BCUT2D eigenvalue weighted by Gasteiger charge is 2.12. The number of methoxy groups -OCH3 is 1. The highest BCUT2D eigenvalue weighted by Crippen LogP contribution is 2.19. The molecule has 5 nitrogen and oxygen atoms in total. The second-order valence-corrected chi connectivity index (χ2v) is 4.84. The van der Waals surface area contributed by atoms with Crippen molar-refractivity contribution in [1.82, 2.24) is 9.55 Å². The Hall–Kier alpha value is -2.53. The summed E-state index contributed by atoms with van der Waals surface area (Å²) in [4.78, 5) is 27.4. The minimum Gasteiger partial charge on any atom is -0.497 e. The number of hydrogen-bond acceptors (Lipinski definition) is 3. The van der Waals surface area contributed by atoms with Crippen LogP contribution < -0.4 is 16.0 Å². The van der Waals surface area contributed by atoms with Crippen LogP contribution in [-0.4, -0.2) is 16.7 Å². The first kappa shape index (κ1) is 13.5. The summed E-state index contributed by atoms with van der Waals surface area (Å²) in [5.74, 6) is 0.563. The van der Waals surface area contributed by atoms with E-state index in [1.54, 1.807) is 42.5 Å². The molecule has 0 atom stereocenters. The van der Waals surface area contributed by atoms with E-state index in [9.17, 15) is 9.59 Å². The van der Waals surface area contributed by atoms with Crippen molar-refractivity contribution in [1.29, 1.82) is 0 Å². The van der Waals surface area contributed by atoms with Gasteiger partial charge in [-0.1, -0.05) is 23.7 Å². The van der Waals surface area contributed by atoms with E-state index in [0.29, 0.717) is 27.4 Å². The molecule has 21 heavy (non-hydrogen) atoms. The fourth-order valence-corrected chi connectivity index (χ4v) is 2.40. The third-order valence-corrected chi connectivity index (χ3v) is 3.52. The van der Waals surface area contributed by atoms with Crippen molar-refractivity contribution in [3.8, 4) is 11.4 Å². The number of benzene rings is 2. The van der Waals surface area contributed by atoms with Crippen LogP contribution in [0.4, 0.5) is 0 Å². The predicted molar refractivity (Wildman–Crippen MR) is 81.7 cm³/mol. The largest absolute Gasteiger partial charge is 0.497 e. The third kappa shape index (κ3) is 2.21. The Morgan fingerprint density at radius 1 is 1.14 bits per heavy atom. The molecule has 106 valence electrons. The molecular formula is C15H11ClN2O3. The lowest BCUT2D eigenvalue weighted by Crippen LogP contribution is -2.33. The van der Waals surface area contributed by atoms with Gasteiger partial charge in [0.2, 0.25) is 0 Å². The second kappa shape index (κ2) is 5.10. The molecular weight excluding hydrogens is 292 g/mol. The fraction of sp³-hybridized carbons (Fsp3) is 0.0667. The lowest BCUT2D eigenvalue weighted by Gasteiger charge is -2.08. The van der Waals surface area contributed by atoms with Gasteiger partial charge in [0.25, 0.3) is 5.56 Å². The summed E-state index contributed by atoms with van der Waals surface area (Å²) in [7, 11) is 1.52. The van der Waals surface area contributed by atoms with Gasteiger partial charge in [0, 0.05) is 6.07 Å². The number of rotatable bonds is 2. The topological polar surface area (TPSA) is 64.1 Å². The number of hydrogen-bond donors (Lipinski definition) is 1. The lowest BCUT2D eigenvalue weighted by atomic mass is 10.2. The number of nitrogens with one attached hydrogen (secondary N) is 1. The van der Waals surface area contributed by atoms with Crippen molar-refractivity contribution in [3.05, 3.63) is 68.3 Å². The van der Waals surface area contributed by atoms with Gasteiger partial charge in [0.15, 0.2) is 0 Å². The maximum Gasteiger partial charge on any atom is 0.333 e. The number of halogens is 1. The van der Waals surface area contributed by atoms with Crippen molar-refractivity contribution >= 4 is 22.5 Å². The number of aromatic amines is 1. The van der Waals surface area contributed by atoms with Crippen LogP contribution in [0.1, 0.15) is 0 Å². The van der Waals surface area contributed by atoms with Gasteiger partial charge in [0.05, 0.1) is 28.7 Å². The average Bonchev–Trinajstić information content (AvgIpc) is 2.48. The van der Waals surface area contributed by atoms with Crippen LogP contribution in [0.25, 0.3) is 16.6 Å². The molecule has 0 aliphatic rings. The van der Waals surface area contributed by atoms with Crippen LogP contribution in [0.15, 0.2) is 52.1 Å². The lowest BCUT2D eigenvalue weighted by molar-refractivity contribution is 0.415. The third-order valence-electron chi connectivity index (χ3n) is 3.20. The molecule has 0 spiro atoms. The molecule has 0 radical (unpaired) electrons. The standard InChI is InChI=1S/C15H11ClN2O3/c1-21-9-6-7-10-12(8-9)17-15(20)18(14(10)19)13-5-3-2-4-11(13)16/h2-8H,1H3,(H,17,20). The highest BCUT2D eigenvalue weighted by molar-refractivity contribution is 6.32. The predicted octanol–water partition coefficient (Wildman–Crippen LogP) is 2.34. The maximum absolute atomic E-state index is 12.5. The number of aromatic nitrogens is 2. The van der Waals surface area contributed by atoms with Crippen LogP contribution in [0.3, 0.4) is 0 Å². The Bertz CT molecular complexity index is 944. The Labute approximate surface area is 124 Å². The van der Waals surface area contributed by atoms with Crippen LogP contribution in [0.5, 0.6) is 5.75 Å². The summed E-state index contributed by atoms with van der Waals surface area (Å²) < 4.78 is 6.11. The van der Waals surface area contributed by atoms with E-state index >= 15 is 0 Å². The van der Waals surface area contributed by atoms with E-state index in [0.717, 1.165) is 4.57 Å². The average molecular weight is 303 g/mol. The second-order valence-electron chi connectivity index (χ2n) is 4.43. The monoisotopic (exact) mass is 302 g/mol. The molecule has 0 aliphatic heterocycles. The quantitative estimate of drug-likeness (QED) is 0.790. The smallest absolute Gasteiger partial charge is 0.333 e. The highest BCUT2D eigenvalue weighted by atomic mass is 35.5. The molecule has 0 fully saturated rings. The van der Waals surface area contributed by atoms with Gasteiger partial charge in [-0.25, -0.2) is 9.36 Å². The maximum atomic E-state index is 12.5. The van der Waals surface area contributed by atoms with Crippen LogP contribution in [-0.2, 0) is 0 Å². The van der Waals surface area contributed by atoms with Gasteiger partial charge in [-0.3, -0.25) is 4.79 Å². The molecule has 0 saturated heterocycles. The number of para-hydroxylation sites is 1. The van der Waals surface area contributed by atoms with Gasteiger partial charge in [0.1, 0.15) is 5.75 Å². The first-order valence-electron chi connectivity index (χ1n) is 6.20. The molecule has 0 aliphatic carbocycles. The van der Waals surface area contributed by atoms with Gasteiger partial charge >= 0.3 is 5.69 Å². The minimum absolute atomic E-state index is 0.331. The molecule has 0 bridgehead atoms. The van der Waals surface area contributed by atoms with E-state index in [1.165, 1.54) is 7.11 Å². The summed E-state index contributed by atoms with van der Waals surface area (Å²) in [6, 6.07) is 11.6. The van der Waals surface area contributed by atoms with E-state index in [2.05, 4.69) is 4.98 Å². The summed E-state index contributed by atoms with van der Waals surface area (Å²) in [6.45, 7) is 0. The Morgan fingerprint density at radius 2 is 1.90 bits per heavy atom. The molecule has 3 rings (SSSR count). The van der Waals surface area contributed by atoms with Crippen molar-refractivity contribution in [3.63, 3.8) is 0 Å². The number of H-pyrrole nitrogens is 1. The Balaban J connectivity index is 2.39. The number of ether oxygens (including phenoxy) is 1. The molecule has 1 aromatic heterocycles. The van der Waals surface area contributed by atoms with Crippen molar-refractivity contribution in [2.24, 2.45) is 0 Å². The Kier molecular flexibility index (Phi) is 3.27. The van der Waals surface area contributed by atoms with Crippen LogP contribution in [0.2, 0.25) is 5.02 Å². The van der Waals surface area contributed by atoms with E-state index in [4.69, 9.17) is 16.3 Å². The molecule has 6 heteroatoms. The zero-order chi connectivity index (χ0) is 15.0. The zero-order valence-corrected chi connectivity index (χ0v) is 11.8. The van der Waals surface area contributed by atoms with Crippen molar-refractivity contribution < 1.29 is 4.74 Å². The van der Waals surface area contributed by atoms with E-state index in [-0.39, 0.29) is 0 Å². The summed E-state index contributed by atoms with van der Waals surface area (Å²) in [6.07, 6.45) is 0. The Morgan fingerprint density at radius 3 is 2.62 bits per heavy atom. The summed E-state index contributed by atoms with van der Waals surface area (Å²) in [5.41, 5.74) is -0.200. The van der Waals surface area contributed by atoms with Gasteiger partial charge in [-0.15, -0.1) is 0 Å². The fourth-order valence-electron chi connectivity index (χ4n) is 2.18. The normalized spacial score (nSPS) is 10.8. The van der Waals surface area contributed by atoms with E-state index < -0.39 is 11.2 Å². The first-order chi connectivity index (χ1) is 10.1. The van der Waals surface area contributed by atoms with E-state index in [1.807, 2.05) is 0 Å².